The third-order valence-electron chi connectivity index (χ3n) is 15.0. The highest BCUT2D eigenvalue weighted by Gasteiger charge is 2.29. The highest BCUT2D eigenvalue weighted by molar-refractivity contribution is 6.31. The van der Waals surface area contributed by atoms with Crippen molar-refractivity contribution in [3.8, 4) is 45.3 Å². The minimum absolute atomic E-state index is 0.175. The van der Waals surface area contributed by atoms with E-state index in [-0.39, 0.29) is 23.6 Å². The van der Waals surface area contributed by atoms with Crippen LogP contribution in [0.3, 0.4) is 0 Å². The summed E-state index contributed by atoms with van der Waals surface area (Å²) < 4.78 is 19.3. The number of phenols is 2. The Balaban J connectivity index is 1.16. The van der Waals surface area contributed by atoms with Crippen molar-refractivity contribution in [2.75, 3.05) is 52.5 Å². The molecule has 0 aliphatic carbocycles. The lowest BCUT2D eigenvalue weighted by Crippen LogP contribution is -2.38. The van der Waals surface area contributed by atoms with Crippen LogP contribution in [0.25, 0.3) is 43.8 Å². The predicted octanol–water partition coefficient (Wildman–Crippen LogP) is 14.1. The maximum atomic E-state index is 11.9. The van der Waals surface area contributed by atoms with Gasteiger partial charge in [-0.15, -0.1) is 0 Å². The number of rotatable bonds is 16. The lowest BCUT2D eigenvalue weighted by atomic mass is 9.77. The Morgan fingerprint density at radius 3 is 2.20 bits per heavy atom. The van der Waals surface area contributed by atoms with Crippen LogP contribution >= 0.6 is 11.6 Å². The van der Waals surface area contributed by atoms with E-state index in [0.717, 1.165) is 159 Å². The number of fused-ring (bicyclic) bond motifs is 2. The van der Waals surface area contributed by atoms with Crippen molar-refractivity contribution >= 4 is 33.1 Å². The fourth-order valence-electron chi connectivity index (χ4n) is 11.2. The van der Waals surface area contributed by atoms with E-state index in [9.17, 15) is 10.2 Å². The number of likely N-dealkylation sites (tertiary alicyclic amines) is 1. The van der Waals surface area contributed by atoms with Crippen molar-refractivity contribution in [1.29, 1.82) is 0 Å². The fourth-order valence-corrected chi connectivity index (χ4v) is 11.5. The van der Waals surface area contributed by atoms with Crippen LogP contribution in [0.5, 0.6) is 23.0 Å². The van der Waals surface area contributed by atoms with E-state index in [1.165, 1.54) is 5.56 Å². The summed E-state index contributed by atoms with van der Waals surface area (Å²) in [5.41, 5.74) is 12.1. The van der Waals surface area contributed by atoms with Gasteiger partial charge in [0.15, 0.2) is 0 Å². The Bertz CT molecular complexity index is 3160. The third kappa shape index (κ3) is 10.2. The van der Waals surface area contributed by atoms with Gasteiger partial charge in [-0.05, 0) is 152 Å². The Morgan fingerprint density at radius 2 is 1.42 bits per heavy atom. The number of halogens is 1. The standard InChI is InChI=1S/C63H65ClN2O5/c1-5-43-12-7-8-13-51(43)58-39-60(68)55-14-9-10-15-56(55)63(58)62(44-20-24-49(25-21-44)70-35-32-65-30-33-69-34-31-65)47-19-18-46(61(38-47)71-42(4)66-29-28-41(3)40-66)37-57-52-27-23-48(67)36-45(52)22-26-54(57)53-16-11-17-59(64)50(53)6-2/h7-27,36,38-39,41-42,62,67-68H,5-6,28-35,37,40H2,1-4H3. The van der Waals surface area contributed by atoms with Crippen molar-refractivity contribution in [2.45, 2.75) is 65.5 Å². The molecule has 0 radical (unpaired) electrons. The van der Waals surface area contributed by atoms with Gasteiger partial charge in [0.05, 0.1) is 13.2 Å². The molecule has 8 aromatic carbocycles. The smallest absolute Gasteiger partial charge is 0.149 e. The normalized spacial score (nSPS) is 16.4. The van der Waals surface area contributed by atoms with Gasteiger partial charge in [0.2, 0.25) is 0 Å². The molecule has 0 saturated carbocycles. The molecule has 8 heteroatoms. The summed E-state index contributed by atoms with van der Waals surface area (Å²) >= 11 is 6.92. The molecule has 2 aliphatic rings. The molecular weight excluding hydrogens is 900 g/mol. The van der Waals surface area contributed by atoms with Crippen molar-refractivity contribution in [1.82, 2.24) is 9.80 Å². The first kappa shape index (κ1) is 48.3. The molecule has 0 bridgehead atoms. The zero-order valence-electron chi connectivity index (χ0n) is 41.5. The zero-order chi connectivity index (χ0) is 49.0. The van der Waals surface area contributed by atoms with Crippen molar-refractivity contribution < 1.29 is 24.4 Å². The predicted molar refractivity (Wildman–Crippen MR) is 291 cm³/mol. The summed E-state index contributed by atoms with van der Waals surface area (Å²) in [6, 6.07) is 50.4. The van der Waals surface area contributed by atoms with Gasteiger partial charge < -0.3 is 24.4 Å². The number of aryl methyl sites for hydroxylation is 1. The Morgan fingerprint density at radius 1 is 0.676 bits per heavy atom. The van der Waals surface area contributed by atoms with Gasteiger partial charge in [-0.1, -0.05) is 136 Å². The largest absolute Gasteiger partial charge is 0.508 e. The fraction of sp³-hybridized carbons (Fsp3) is 0.302. The summed E-state index contributed by atoms with van der Waals surface area (Å²) in [7, 11) is 0. The second-order valence-corrected chi connectivity index (χ2v) is 19.9. The number of hydrogen-bond acceptors (Lipinski definition) is 7. The molecule has 364 valence electrons. The van der Waals surface area contributed by atoms with E-state index in [0.29, 0.717) is 18.9 Å². The van der Waals surface area contributed by atoms with Crippen LogP contribution in [0.2, 0.25) is 5.02 Å². The molecule has 8 aromatic rings. The van der Waals surface area contributed by atoms with Crippen LogP contribution in [0, 0.1) is 5.92 Å². The molecule has 2 N–H and O–H groups in total. The first-order valence-electron chi connectivity index (χ1n) is 25.6. The molecule has 0 aromatic heterocycles. The second-order valence-electron chi connectivity index (χ2n) is 19.5. The first-order chi connectivity index (χ1) is 34.7. The monoisotopic (exact) mass is 964 g/mol. The van der Waals surface area contributed by atoms with E-state index in [2.05, 4.69) is 135 Å². The Labute approximate surface area is 424 Å². The maximum Gasteiger partial charge on any atom is 0.149 e. The van der Waals surface area contributed by atoms with Crippen LogP contribution in [0.1, 0.15) is 79.0 Å². The third-order valence-corrected chi connectivity index (χ3v) is 15.3. The van der Waals surface area contributed by atoms with Gasteiger partial charge >= 0.3 is 0 Å². The molecule has 2 aliphatic heterocycles. The first-order valence-corrected chi connectivity index (χ1v) is 26.0. The molecule has 2 saturated heterocycles. The Kier molecular flexibility index (Phi) is 14.7. The maximum absolute atomic E-state index is 11.9. The number of benzene rings is 8. The summed E-state index contributed by atoms with van der Waals surface area (Å²) in [6.45, 7) is 15.6. The second kappa shape index (κ2) is 21.6. The number of morpholine rings is 1. The van der Waals surface area contributed by atoms with Gasteiger partial charge in [-0.3, -0.25) is 9.80 Å². The molecular formula is C63H65ClN2O5. The van der Waals surface area contributed by atoms with Crippen LogP contribution in [0.4, 0.5) is 0 Å². The van der Waals surface area contributed by atoms with Crippen molar-refractivity contribution in [2.24, 2.45) is 5.92 Å². The molecule has 71 heavy (non-hydrogen) atoms. The molecule has 10 rings (SSSR count). The summed E-state index contributed by atoms with van der Waals surface area (Å²) in [6.07, 6.45) is 3.17. The molecule has 0 spiro atoms. The summed E-state index contributed by atoms with van der Waals surface area (Å²) in [5.74, 6) is 2.45. The quantitative estimate of drug-likeness (QED) is 0.0935. The number of ether oxygens (including phenoxy) is 3. The minimum Gasteiger partial charge on any atom is -0.508 e. The summed E-state index contributed by atoms with van der Waals surface area (Å²) in [4.78, 5) is 4.84. The van der Waals surface area contributed by atoms with E-state index in [1.54, 1.807) is 6.07 Å². The number of phenolic OH excluding ortho intramolecular Hbond substituents is 2. The van der Waals surface area contributed by atoms with Crippen LogP contribution < -0.4 is 9.47 Å². The van der Waals surface area contributed by atoms with Gasteiger partial charge in [-0.2, -0.15) is 0 Å². The van der Waals surface area contributed by atoms with E-state index in [1.807, 2.05) is 42.5 Å². The summed E-state index contributed by atoms with van der Waals surface area (Å²) in [5, 5.41) is 27.1. The topological polar surface area (TPSA) is 74.6 Å². The molecule has 0 amide bonds. The molecule has 7 nitrogen and oxygen atoms in total. The van der Waals surface area contributed by atoms with E-state index >= 15 is 0 Å². The zero-order valence-corrected chi connectivity index (χ0v) is 42.2. The molecule has 2 fully saturated rings. The molecule has 3 unspecified atom stereocenters. The van der Waals surface area contributed by atoms with E-state index in [4.69, 9.17) is 25.8 Å². The highest BCUT2D eigenvalue weighted by Crippen LogP contribution is 2.48. The minimum atomic E-state index is -0.281. The van der Waals surface area contributed by atoms with Crippen molar-refractivity contribution in [3.05, 3.63) is 190 Å². The average Bonchev–Trinajstić information content (AvgIpc) is 3.84. The van der Waals surface area contributed by atoms with Gasteiger partial charge in [0, 0.05) is 55.5 Å². The average molecular weight is 966 g/mol. The Hall–Kier alpha value is -6.35. The number of aromatic hydroxyl groups is 2. The molecule has 3 atom stereocenters. The van der Waals surface area contributed by atoms with Crippen molar-refractivity contribution in [3.63, 3.8) is 0 Å². The number of nitrogens with zero attached hydrogens (tertiary/aromatic N) is 2. The van der Waals surface area contributed by atoms with Gasteiger partial charge in [0.25, 0.3) is 0 Å². The van der Waals surface area contributed by atoms with E-state index < -0.39 is 0 Å². The molecule has 2 heterocycles. The van der Waals surface area contributed by atoms with Gasteiger partial charge in [-0.25, -0.2) is 0 Å². The number of hydrogen-bond donors (Lipinski definition) is 2. The van der Waals surface area contributed by atoms with Crippen LogP contribution in [-0.4, -0.2) is 78.8 Å². The SMILES string of the molecule is CCc1ccccc1-c1cc(O)c2ccccc2c1C(c1ccc(OCCN2CCOCC2)cc1)c1ccc(Cc2c(-c3cccc(Cl)c3CC)ccc3cc(O)ccc23)c(OC(C)N2CCC(C)C2)c1. The highest BCUT2D eigenvalue weighted by atomic mass is 35.5. The lowest BCUT2D eigenvalue weighted by Gasteiger charge is -2.29. The van der Waals surface area contributed by atoms with Crippen LogP contribution in [0.15, 0.2) is 146 Å². The van der Waals surface area contributed by atoms with Crippen LogP contribution in [-0.2, 0) is 24.0 Å². The van der Waals surface area contributed by atoms with Gasteiger partial charge in [0.1, 0.15) is 35.8 Å². The lowest BCUT2D eigenvalue weighted by molar-refractivity contribution is 0.0322.